The first-order valence-electron chi connectivity index (χ1n) is 14.5. The van der Waals surface area contributed by atoms with Gasteiger partial charge in [-0.05, 0) is 19.3 Å². The molecule has 1 aliphatic heterocycles. The Morgan fingerprint density at radius 2 is 0.700 bits per heavy atom. The van der Waals surface area contributed by atoms with E-state index in [0.29, 0.717) is 139 Å². The molecule has 0 aromatic rings. The highest BCUT2D eigenvalue weighted by molar-refractivity contribution is 9.09. The zero-order chi connectivity index (χ0) is 28.4. The third kappa shape index (κ3) is 29.5. The van der Waals surface area contributed by atoms with Gasteiger partial charge in [-0.15, -0.1) is 0 Å². The Morgan fingerprint density at radius 3 is 0.975 bits per heavy atom. The lowest BCUT2D eigenvalue weighted by Crippen LogP contribution is -2.24. The Balaban J connectivity index is 1.60. The molecule has 13 heteroatoms. The minimum atomic E-state index is -0.0622. The molecule has 0 bridgehead atoms. The second-order valence-corrected chi connectivity index (χ2v) is 9.27. The van der Waals surface area contributed by atoms with Gasteiger partial charge in [0.1, 0.15) is 0 Å². The average molecular weight is 650 g/mol. The summed E-state index contributed by atoms with van der Waals surface area (Å²) in [5.74, 6) is 0. The maximum atomic E-state index is 5.60. The van der Waals surface area contributed by atoms with Crippen LogP contribution in [0.4, 0.5) is 0 Å². The first-order valence-corrected chi connectivity index (χ1v) is 15.6. The molecule has 0 aromatic carbocycles. The zero-order valence-electron chi connectivity index (χ0n) is 24.2. The van der Waals surface area contributed by atoms with Gasteiger partial charge in [0.25, 0.3) is 0 Å². The van der Waals surface area contributed by atoms with Gasteiger partial charge in [-0.3, -0.25) is 0 Å². The van der Waals surface area contributed by atoms with Crippen LogP contribution < -0.4 is 0 Å². The van der Waals surface area contributed by atoms with Gasteiger partial charge in [0, 0.05) is 11.9 Å². The Bertz CT molecular complexity index is 475. The van der Waals surface area contributed by atoms with Gasteiger partial charge in [-0.25, -0.2) is 0 Å². The van der Waals surface area contributed by atoms with E-state index in [-0.39, 0.29) is 6.29 Å². The first-order chi connectivity index (χ1) is 19.9. The van der Waals surface area contributed by atoms with Crippen LogP contribution >= 0.6 is 15.9 Å². The van der Waals surface area contributed by atoms with E-state index in [1.807, 2.05) is 0 Å². The van der Waals surface area contributed by atoms with E-state index in [1.165, 1.54) is 6.42 Å². The lowest BCUT2D eigenvalue weighted by molar-refractivity contribution is -0.169. The number of halogens is 1. The van der Waals surface area contributed by atoms with Crippen LogP contribution in [0.2, 0.25) is 0 Å². The summed E-state index contributed by atoms with van der Waals surface area (Å²) >= 11 is 3.30. The molecular weight excluding hydrogens is 596 g/mol. The predicted molar refractivity (Wildman–Crippen MR) is 152 cm³/mol. The maximum Gasteiger partial charge on any atom is 0.157 e. The molecule has 40 heavy (non-hydrogen) atoms. The molecular formula is C27H53BrO12. The first kappa shape index (κ1) is 38.0. The quantitative estimate of drug-likeness (QED) is 0.0767. The second-order valence-electron chi connectivity index (χ2n) is 8.48. The smallest absolute Gasteiger partial charge is 0.157 e. The number of alkyl halides is 1. The van der Waals surface area contributed by atoms with Crippen molar-refractivity contribution in [3.05, 3.63) is 0 Å². The molecule has 240 valence electrons. The van der Waals surface area contributed by atoms with Crippen LogP contribution in [0.15, 0.2) is 0 Å². The maximum absolute atomic E-state index is 5.60. The third-order valence-electron chi connectivity index (χ3n) is 5.24. The van der Waals surface area contributed by atoms with E-state index in [2.05, 4.69) is 15.9 Å². The van der Waals surface area contributed by atoms with Crippen molar-refractivity contribution in [3.8, 4) is 0 Å². The third-order valence-corrected chi connectivity index (χ3v) is 5.56. The molecule has 0 N–H and O–H groups in total. The fraction of sp³-hybridized carbons (Fsp3) is 1.00. The van der Waals surface area contributed by atoms with Crippen LogP contribution in [0.3, 0.4) is 0 Å². The number of rotatable bonds is 33. The molecule has 1 heterocycles. The van der Waals surface area contributed by atoms with E-state index in [0.717, 1.165) is 24.8 Å². The Hall–Kier alpha value is 0.0000000000000000416. The molecule has 0 aliphatic carbocycles. The largest absolute Gasteiger partial charge is 0.378 e. The molecule has 0 saturated carbocycles. The molecule has 1 atom stereocenters. The minimum Gasteiger partial charge on any atom is -0.378 e. The topological polar surface area (TPSA) is 111 Å². The Kier molecular flexibility index (Phi) is 31.8. The average Bonchev–Trinajstić information content (AvgIpc) is 2.98. The lowest BCUT2D eigenvalue weighted by Gasteiger charge is -2.22. The zero-order valence-corrected chi connectivity index (χ0v) is 25.8. The van der Waals surface area contributed by atoms with Gasteiger partial charge in [0.2, 0.25) is 0 Å². The summed E-state index contributed by atoms with van der Waals surface area (Å²) in [6.07, 6.45) is 3.20. The second kappa shape index (κ2) is 33.5. The monoisotopic (exact) mass is 648 g/mol. The van der Waals surface area contributed by atoms with E-state index in [4.69, 9.17) is 56.8 Å². The number of hydrogen-bond acceptors (Lipinski definition) is 12. The Morgan fingerprint density at radius 1 is 0.400 bits per heavy atom. The summed E-state index contributed by atoms with van der Waals surface area (Å²) < 4.78 is 65.5. The summed E-state index contributed by atoms with van der Waals surface area (Å²) in [5.41, 5.74) is 0. The van der Waals surface area contributed by atoms with E-state index in [9.17, 15) is 0 Å². The highest BCUT2D eigenvalue weighted by Crippen LogP contribution is 2.13. The van der Waals surface area contributed by atoms with Crippen LogP contribution in [-0.2, 0) is 56.8 Å². The fourth-order valence-electron chi connectivity index (χ4n) is 3.22. The normalized spacial score (nSPS) is 15.7. The highest BCUT2D eigenvalue weighted by Gasteiger charge is 2.13. The van der Waals surface area contributed by atoms with Crippen LogP contribution in [0.25, 0.3) is 0 Å². The summed E-state index contributed by atoms with van der Waals surface area (Å²) in [5, 5.41) is 0.840. The molecule has 0 amide bonds. The van der Waals surface area contributed by atoms with Gasteiger partial charge >= 0.3 is 0 Å². The van der Waals surface area contributed by atoms with Crippen molar-refractivity contribution in [2.24, 2.45) is 0 Å². The summed E-state index contributed by atoms with van der Waals surface area (Å²) in [6.45, 7) is 12.3. The van der Waals surface area contributed by atoms with E-state index >= 15 is 0 Å². The molecule has 0 aromatic heterocycles. The Labute approximate surface area is 248 Å². The molecule has 1 aliphatic rings. The highest BCUT2D eigenvalue weighted by atomic mass is 79.9. The molecule has 12 nitrogen and oxygen atoms in total. The summed E-state index contributed by atoms with van der Waals surface area (Å²) in [6, 6.07) is 0. The molecule has 1 saturated heterocycles. The summed E-state index contributed by atoms with van der Waals surface area (Å²) in [4.78, 5) is 0. The SMILES string of the molecule is BrCCOCCOCCOCCOCCOCCOCCOCCOCCOCCOCCOC1CCCCO1. The molecule has 0 spiro atoms. The van der Waals surface area contributed by atoms with Crippen LogP contribution in [0, 0.1) is 0 Å². The van der Waals surface area contributed by atoms with Crippen molar-refractivity contribution in [2.75, 3.05) is 151 Å². The van der Waals surface area contributed by atoms with Crippen molar-refractivity contribution in [2.45, 2.75) is 25.6 Å². The van der Waals surface area contributed by atoms with Crippen LogP contribution in [0.5, 0.6) is 0 Å². The van der Waals surface area contributed by atoms with Gasteiger partial charge in [0.15, 0.2) is 6.29 Å². The van der Waals surface area contributed by atoms with Crippen molar-refractivity contribution in [1.29, 1.82) is 0 Å². The summed E-state index contributed by atoms with van der Waals surface area (Å²) in [7, 11) is 0. The predicted octanol–water partition coefficient (Wildman–Crippen LogP) is 2.09. The van der Waals surface area contributed by atoms with Gasteiger partial charge in [-0.1, -0.05) is 15.9 Å². The van der Waals surface area contributed by atoms with Crippen molar-refractivity contribution in [1.82, 2.24) is 0 Å². The lowest BCUT2D eigenvalue weighted by atomic mass is 10.2. The number of ether oxygens (including phenoxy) is 12. The van der Waals surface area contributed by atoms with Crippen molar-refractivity contribution < 1.29 is 56.8 Å². The molecule has 1 fully saturated rings. The minimum absolute atomic E-state index is 0.0622. The van der Waals surface area contributed by atoms with Gasteiger partial charge < -0.3 is 56.8 Å². The molecule has 1 rings (SSSR count). The van der Waals surface area contributed by atoms with Gasteiger partial charge in [0.05, 0.1) is 139 Å². The number of hydrogen-bond donors (Lipinski definition) is 0. The van der Waals surface area contributed by atoms with Crippen LogP contribution in [0.1, 0.15) is 19.3 Å². The van der Waals surface area contributed by atoms with Crippen LogP contribution in [-0.4, -0.2) is 157 Å². The standard InChI is InChI=1S/C27H53BrO12/c28-4-6-29-7-8-30-9-10-31-11-12-32-13-14-33-15-16-34-17-18-35-19-20-36-21-22-37-23-24-38-25-26-40-27-3-1-2-5-39-27/h27H,1-26H2. The fourth-order valence-corrected chi connectivity index (χ4v) is 3.45. The van der Waals surface area contributed by atoms with Gasteiger partial charge in [-0.2, -0.15) is 0 Å². The van der Waals surface area contributed by atoms with E-state index in [1.54, 1.807) is 0 Å². The van der Waals surface area contributed by atoms with E-state index < -0.39 is 0 Å². The molecule has 0 radical (unpaired) electrons. The van der Waals surface area contributed by atoms with Crippen molar-refractivity contribution in [3.63, 3.8) is 0 Å². The molecule has 1 unspecified atom stereocenters. The van der Waals surface area contributed by atoms with Crippen molar-refractivity contribution >= 4 is 15.9 Å².